The molecule has 0 radical (unpaired) electrons. The van der Waals surface area contributed by atoms with Crippen molar-refractivity contribution in [3.63, 3.8) is 0 Å². The molecule has 1 saturated carbocycles. The average molecular weight is 297 g/mol. The molecule has 0 bridgehead atoms. The Hall–Kier alpha value is -1.06. The van der Waals surface area contributed by atoms with Crippen LogP contribution in [0.3, 0.4) is 0 Å². The van der Waals surface area contributed by atoms with Crippen LogP contribution in [-0.2, 0) is 9.59 Å². The van der Waals surface area contributed by atoms with Crippen molar-refractivity contribution >= 4 is 11.9 Å². The second-order valence-electron chi connectivity index (χ2n) is 7.10. The fraction of sp³-hybridized carbons (Fsp3) is 0.882. The summed E-state index contributed by atoms with van der Waals surface area (Å²) in [6.07, 6.45) is 7.20. The number of carboxylic acid groups (broad SMARTS) is 1. The number of carbonyl (C=O) groups is 2. The van der Waals surface area contributed by atoms with Crippen molar-refractivity contribution in [1.29, 1.82) is 0 Å². The Bertz CT molecular complexity index is 352. The first kappa shape index (κ1) is 18.0. The molecule has 4 nitrogen and oxygen atoms in total. The van der Waals surface area contributed by atoms with Crippen LogP contribution < -0.4 is 5.32 Å². The predicted molar refractivity (Wildman–Crippen MR) is 84.0 cm³/mol. The van der Waals surface area contributed by atoms with Crippen molar-refractivity contribution in [2.75, 3.05) is 6.54 Å². The van der Waals surface area contributed by atoms with E-state index >= 15 is 0 Å². The first-order valence-electron chi connectivity index (χ1n) is 8.36. The van der Waals surface area contributed by atoms with E-state index in [9.17, 15) is 9.59 Å². The fourth-order valence-electron chi connectivity index (χ4n) is 3.50. The number of aliphatic carboxylic acids is 1. The van der Waals surface area contributed by atoms with Crippen molar-refractivity contribution in [3.8, 4) is 0 Å². The minimum Gasteiger partial charge on any atom is -0.481 e. The van der Waals surface area contributed by atoms with Crippen molar-refractivity contribution in [2.24, 2.45) is 17.3 Å². The van der Waals surface area contributed by atoms with Crippen LogP contribution in [-0.4, -0.2) is 23.5 Å². The molecule has 0 saturated heterocycles. The summed E-state index contributed by atoms with van der Waals surface area (Å²) >= 11 is 0. The standard InChI is InChI=1S/C17H31NO3/c1-4-6-13(8-9-15(19)20)10-12-18-16(21)14-7-5-11-17(14,2)3/h13-14H,4-12H2,1-3H3,(H,18,21)(H,19,20). The van der Waals surface area contributed by atoms with Gasteiger partial charge in [-0.05, 0) is 37.0 Å². The zero-order valence-electron chi connectivity index (χ0n) is 13.8. The first-order chi connectivity index (χ1) is 9.86. The lowest BCUT2D eigenvalue weighted by Gasteiger charge is -2.26. The highest BCUT2D eigenvalue weighted by atomic mass is 16.4. The third-order valence-electron chi connectivity index (χ3n) is 4.89. The van der Waals surface area contributed by atoms with Gasteiger partial charge in [0.25, 0.3) is 0 Å². The van der Waals surface area contributed by atoms with Crippen LogP contribution in [0.2, 0.25) is 0 Å². The van der Waals surface area contributed by atoms with E-state index in [1.54, 1.807) is 0 Å². The van der Waals surface area contributed by atoms with Gasteiger partial charge in [0, 0.05) is 18.9 Å². The molecule has 0 heterocycles. The van der Waals surface area contributed by atoms with E-state index in [4.69, 9.17) is 5.11 Å². The van der Waals surface area contributed by atoms with Crippen molar-refractivity contribution in [1.82, 2.24) is 5.32 Å². The summed E-state index contributed by atoms with van der Waals surface area (Å²) in [4.78, 5) is 22.9. The van der Waals surface area contributed by atoms with Gasteiger partial charge in [-0.2, -0.15) is 0 Å². The van der Waals surface area contributed by atoms with Gasteiger partial charge in [0.05, 0.1) is 0 Å². The van der Waals surface area contributed by atoms with Gasteiger partial charge in [-0.15, -0.1) is 0 Å². The van der Waals surface area contributed by atoms with Gasteiger partial charge in [0.1, 0.15) is 0 Å². The van der Waals surface area contributed by atoms with Gasteiger partial charge in [-0.1, -0.05) is 40.0 Å². The highest BCUT2D eigenvalue weighted by Crippen LogP contribution is 2.42. The minimum atomic E-state index is -0.729. The minimum absolute atomic E-state index is 0.121. The predicted octanol–water partition coefficient (Wildman–Crippen LogP) is 3.60. The molecule has 0 aliphatic heterocycles. The van der Waals surface area contributed by atoms with Crippen molar-refractivity contribution < 1.29 is 14.7 Å². The van der Waals surface area contributed by atoms with Crippen LogP contribution in [0.5, 0.6) is 0 Å². The first-order valence-corrected chi connectivity index (χ1v) is 8.36. The Morgan fingerprint density at radius 3 is 2.52 bits per heavy atom. The van der Waals surface area contributed by atoms with Crippen molar-refractivity contribution in [3.05, 3.63) is 0 Å². The van der Waals surface area contributed by atoms with Crippen LogP contribution in [0.25, 0.3) is 0 Å². The molecule has 21 heavy (non-hydrogen) atoms. The molecular formula is C17H31NO3. The summed E-state index contributed by atoms with van der Waals surface area (Å²) in [6, 6.07) is 0. The number of carbonyl (C=O) groups excluding carboxylic acids is 1. The maximum Gasteiger partial charge on any atom is 0.303 e. The second-order valence-corrected chi connectivity index (χ2v) is 7.10. The summed E-state index contributed by atoms with van der Waals surface area (Å²) in [5, 5.41) is 11.8. The van der Waals surface area contributed by atoms with Crippen LogP contribution in [0.15, 0.2) is 0 Å². The molecule has 122 valence electrons. The number of amides is 1. The van der Waals surface area contributed by atoms with Gasteiger partial charge < -0.3 is 10.4 Å². The summed E-state index contributed by atoms with van der Waals surface area (Å²) in [5.41, 5.74) is 0.121. The zero-order valence-corrected chi connectivity index (χ0v) is 13.8. The van der Waals surface area contributed by atoms with E-state index in [0.29, 0.717) is 18.9 Å². The molecule has 2 unspecified atom stereocenters. The molecule has 0 aromatic heterocycles. The fourth-order valence-corrected chi connectivity index (χ4v) is 3.50. The van der Waals surface area contributed by atoms with Crippen LogP contribution >= 0.6 is 0 Å². The van der Waals surface area contributed by atoms with Crippen molar-refractivity contribution in [2.45, 2.75) is 72.1 Å². The molecular weight excluding hydrogens is 266 g/mol. The quantitative estimate of drug-likeness (QED) is 0.683. The van der Waals surface area contributed by atoms with Gasteiger partial charge in [0.2, 0.25) is 5.91 Å². The molecule has 0 aromatic carbocycles. The molecule has 1 aliphatic carbocycles. The smallest absolute Gasteiger partial charge is 0.303 e. The zero-order chi connectivity index (χ0) is 15.9. The van der Waals surface area contributed by atoms with E-state index in [1.165, 1.54) is 0 Å². The SMILES string of the molecule is CCCC(CCNC(=O)C1CCCC1(C)C)CCC(=O)O. The van der Waals surface area contributed by atoms with Crippen LogP contribution in [0.4, 0.5) is 0 Å². The maximum atomic E-state index is 12.3. The Kier molecular flexibility index (Phi) is 7.20. The maximum absolute atomic E-state index is 12.3. The number of rotatable bonds is 9. The molecule has 1 fully saturated rings. The van der Waals surface area contributed by atoms with E-state index in [2.05, 4.69) is 26.1 Å². The Morgan fingerprint density at radius 2 is 2.00 bits per heavy atom. The largest absolute Gasteiger partial charge is 0.481 e. The van der Waals surface area contributed by atoms with Gasteiger partial charge in [-0.25, -0.2) is 0 Å². The van der Waals surface area contributed by atoms with E-state index in [1.807, 2.05) is 0 Å². The summed E-state index contributed by atoms with van der Waals surface area (Å²) in [6.45, 7) is 7.15. The monoisotopic (exact) mass is 297 g/mol. The van der Waals surface area contributed by atoms with E-state index in [0.717, 1.165) is 38.5 Å². The Labute approximate surface area is 128 Å². The van der Waals surface area contributed by atoms with Crippen LogP contribution in [0, 0.1) is 17.3 Å². The highest BCUT2D eigenvalue weighted by Gasteiger charge is 2.38. The molecule has 2 atom stereocenters. The summed E-state index contributed by atoms with van der Waals surface area (Å²) in [5.74, 6) is 0.00274. The summed E-state index contributed by atoms with van der Waals surface area (Å²) in [7, 11) is 0. The third kappa shape index (κ3) is 6.06. The Morgan fingerprint density at radius 1 is 1.29 bits per heavy atom. The highest BCUT2D eigenvalue weighted by molar-refractivity contribution is 5.79. The third-order valence-corrected chi connectivity index (χ3v) is 4.89. The molecule has 1 amide bonds. The van der Waals surface area contributed by atoms with E-state index < -0.39 is 5.97 Å². The summed E-state index contributed by atoms with van der Waals surface area (Å²) < 4.78 is 0. The topological polar surface area (TPSA) is 66.4 Å². The van der Waals surface area contributed by atoms with E-state index in [-0.39, 0.29) is 23.7 Å². The normalized spacial score (nSPS) is 22.0. The Balaban J connectivity index is 2.32. The number of hydrogen-bond donors (Lipinski definition) is 2. The molecule has 2 N–H and O–H groups in total. The number of hydrogen-bond acceptors (Lipinski definition) is 2. The average Bonchev–Trinajstić information content (AvgIpc) is 2.75. The lowest BCUT2D eigenvalue weighted by molar-refractivity contribution is -0.137. The molecule has 4 heteroatoms. The lowest BCUT2D eigenvalue weighted by Crippen LogP contribution is -2.37. The number of nitrogens with one attached hydrogen (secondary N) is 1. The molecule has 0 spiro atoms. The van der Waals surface area contributed by atoms with Crippen LogP contribution in [0.1, 0.15) is 72.1 Å². The van der Waals surface area contributed by atoms with Gasteiger partial charge >= 0.3 is 5.97 Å². The molecule has 0 aromatic rings. The second kappa shape index (κ2) is 8.40. The number of carboxylic acids is 1. The molecule has 1 aliphatic rings. The molecule has 1 rings (SSSR count). The van der Waals surface area contributed by atoms with Gasteiger partial charge in [-0.3, -0.25) is 9.59 Å². The van der Waals surface area contributed by atoms with Gasteiger partial charge in [0.15, 0.2) is 0 Å². The lowest BCUT2D eigenvalue weighted by atomic mass is 9.81.